The van der Waals surface area contributed by atoms with Crippen molar-refractivity contribution in [3.05, 3.63) is 48.1 Å². The number of methoxy groups -OCH3 is 1. The Morgan fingerprint density at radius 1 is 1.47 bits per heavy atom. The van der Waals surface area contributed by atoms with Gasteiger partial charge >= 0.3 is 5.24 Å². The van der Waals surface area contributed by atoms with Crippen molar-refractivity contribution in [2.75, 3.05) is 7.11 Å². The number of allylic oxidation sites excluding steroid dienone is 1. The van der Waals surface area contributed by atoms with E-state index >= 15 is 0 Å². The van der Waals surface area contributed by atoms with Crippen LogP contribution in [0.4, 0.5) is 0 Å². The molecule has 0 saturated carbocycles. The van der Waals surface area contributed by atoms with Crippen molar-refractivity contribution in [1.82, 2.24) is 9.55 Å². The zero-order valence-corrected chi connectivity index (χ0v) is 11.5. The van der Waals surface area contributed by atoms with Crippen molar-refractivity contribution in [2.45, 2.75) is 6.92 Å². The quantitative estimate of drug-likeness (QED) is 0.634. The highest BCUT2D eigenvalue weighted by molar-refractivity contribution is 5.83. The van der Waals surface area contributed by atoms with Gasteiger partial charge in [0, 0.05) is 12.3 Å². The number of benzene rings is 1. The molecule has 4 nitrogen and oxygen atoms in total. The predicted molar refractivity (Wildman–Crippen MR) is 70.3 cm³/mol. The Balaban J connectivity index is 2.39. The summed E-state index contributed by atoms with van der Waals surface area (Å²) in [4.78, 5) is 14.9. The molecule has 0 atom stereocenters. The fourth-order valence-corrected chi connectivity index (χ4v) is 1.80. The summed E-state index contributed by atoms with van der Waals surface area (Å²) < 4.78 is 7.25. The van der Waals surface area contributed by atoms with E-state index in [1.54, 1.807) is 19.5 Å². The molecule has 19 heavy (non-hydrogen) atoms. The van der Waals surface area contributed by atoms with E-state index in [1.807, 2.05) is 35.9 Å². The summed E-state index contributed by atoms with van der Waals surface area (Å²) in [6, 6.07) is 5.65. The second-order valence-corrected chi connectivity index (χ2v) is 4.41. The van der Waals surface area contributed by atoms with Gasteiger partial charge in [-0.15, -0.1) is 0 Å². The number of ether oxygens (including phenoxy) is 1. The molecule has 0 fully saturated rings. The smallest absolute Gasteiger partial charge is 0.423 e. The number of carbonyl (C=O) groups excluding carboxylic acids is 1. The van der Waals surface area contributed by atoms with E-state index < -0.39 is 5.24 Å². The summed E-state index contributed by atoms with van der Waals surface area (Å²) in [6.07, 6.45) is 6.67. The Bertz CT molecular complexity index is 632. The molecule has 0 N–H and O–H groups in total. The second-order valence-electron chi connectivity index (χ2n) is 4.01. The van der Waals surface area contributed by atoms with Gasteiger partial charge in [0.15, 0.2) is 11.6 Å². The van der Waals surface area contributed by atoms with Crippen LogP contribution in [0.5, 0.6) is 5.75 Å². The molecule has 5 heteroatoms. The highest BCUT2D eigenvalue weighted by Crippen LogP contribution is 2.25. The van der Waals surface area contributed by atoms with Gasteiger partial charge in [0.05, 0.1) is 24.8 Å². The van der Waals surface area contributed by atoms with Gasteiger partial charge in [-0.25, -0.2) is 9.78 Å². The summed E-state index contributed by atoms with van der Waals surface area (Å²) >= 11 is 4.48. The molecule has 1 aromatic carbocycles. The zero-order chi connectivity index (χ0) is 13.8. The predicted octanol–water partition coefficient (Wildman–Crippen LogP) is 2.01. The number of rotatable bonds is 4. The number of carbonyl (C=O) groups is 1. The van der Waals surface area contributed by atoms with Gasteiger partial charge in [-0.2, -0.15) is 0 Å². The van der Waals surface area contributed by atoms with Crippen LogP contribution in [-0.4, -0.2) is 21.9 Å². The lowest BCUT2D eigenvalue weighted by Crippen LogP contribution is -1.96. The van der Waals surface area contributed by atoms with E-state index in [1.165, 1.54) is 6.08 Å². The summed E-state index contributed by atoms with van der Waals surface area (Å²) in [5.74, 6) is 0.705. The average molecular weight is 278 g/mol. The third-order valence-corrected chi connectivity index (χ3v) is 2.74. The van der Waals surface area contributed by atoms with E-state index in [4.69, 9.17) is 4.74 Å². The maximum absolute atomic E-state index is 10.7. The molecule has 1 heterocycles. The topological polar surface area (TPSA) is 44.1 Å². The summed E-state index contributed by atoms with van der Waals surface area (Å²) in [5.41, 5.74) is 2.68. The van der Waals surface area contributed by atoms with Crippen LogP contribution in [0.2, 0.25) is 0 Å². The molecule has 0 saturated heterocycles. The van der Waals surface area contributed by atoms with Crippen molar-refractivity contribution in [1.29, 1.82) is 0 Å². The molecule has 2 aromatic rings. The number of aromatic nitrogens is 2. The van der Waals surface area contributed by atoms with Gasteiger partial charge in [-0.1, -0.05) is 6.07 Å². The molecule has 0 spiro atoms. The molecule has 0 aliphatic carbocycles. The highest BCUT2D eigenvalue weighted by atomic mass is 35.5. The molecule has 2 rings (SSSR count). The van der Waals surface area contributed by atoms with E-state index in [0.717, 1.165) is 16.9 Å². The van der Waals surface area contributed by atoms with Gasteiger partial charge in [-0.3, -0.25) is 0 Å². The van der Waals surface area contributed by atoms with Gasteiger partial charge in [0.1, 0.15) is 5.75 Å². The Morgan fingerprint density at radius 3 is 2.84 bits per heavy atom. The SMILES string of the molecule is COc1cc(/C=C/C(=O)[ClH+])ccc1-n1cnc(C)c1. The standard InChI is InChI=1S/C14H14ClN2O2/c1-10-8-17(9-16-10)12-5-3-11(4-6-14(15)18)7-13(12)19-2/h3-9,15H,1-2H3/q+1/b6-4+. The van der Waals surface area contributed by atoms with Crippen LogP contribution in [0.1, 0.15) is 11.3 Å². The van der Waals surface area contributed by atoms with Crippen molar-refractivity contribution in [3.63, 3.8) is 0 Å². The fraction of sp³-hybridized carbons (Fsp3) is 0.143. The number of nitrogens with zero attached hydrogens (tertiary/aromatic N) is 2. The van der Waals surface area contributed by atoms with Gasteiger partial charge in [-0.05, 0) is 30.7 Å². The summed E-state index contributed by atoms with van der Waals surface area (Å²) in [6.45, 7) is 1.93. The van der Waals surface area contributed by atoms with Gasteiger partial charge in [0.25, 0.3) is 0 Å². The van der Waals surface area contributed by atoms with E-state index in [-0.39, 0.29) is 0 Å². The van der Waals surface area contributed by atoms with Crippen molar-refractivity contribution >= 4 is 11.3 Å². The molecule has 0 radical (unpaired) electrons. The lowest BCUT2D eigenvalue weighted by molar-refractivity contribution is -0.297. The zero-order valence-electron chi connectivity index (χ0n) is 10.7. The van der Waals surface area contributed by atoms with Gasteiger partial charge < -0.3 is 9.30 Å². The molecule has 0 aliphatic rings. The Hall–Kier alpha value is -2.07. The Kier molecular flexibility index (Phi) is 4.02. The van der Waals surface area contributed by atoms with Crippen LogP contribution in [0.3, 0.4) is 0 Å². The fourth-order valence-electron chi connectivity index (χ4n) is 1.73. The first kappa shape index (κ1) is 13.4. The van der Waals surface area contributed by atoms with Crippen molar-refractivity contribution in [3.8, 4) is 11.4 Å². The second kappa shape index (κ2) is 5.71. The number of imidazole rings is 1. The molecular weight excluding hydrogens is 264 g/mol. The minimum absolute atomic E-state index is 0.395. The molecule has 0 bridgehead atoms. The minimum atomic E-state index is -0.395. The summed E-state index contributed by atoms with van der Waals surface area (Å²) in [5, 5.41) is -0.395. The molecule has 0 amide bonds. The molecular formula is C14H14ClN2O2+. The molecule has 0 aliphatic heterocycles. The summed E-state index contributed by atoms with van der Waals surface area (Å²) in [7, 11) is 1.61. The maximum atomic E-state index is 10.7. The first-order valence-corrected chi connectivity index (χ1v) is 6.09. The number of hydrogen-bond acceptors (Lipinski definition) is 3. The van der Waals surface area contributed by atoms with Crippen LogP contribution in [0.15, 0.2) is 36.8 Å². The van der Waals surface area contributed by atoms with E-state index in [2.05, 4.69) is 16.6 Å². The third kappa shape index (κ3) is 3.23. The van der Waals surface area contributed by atoms with Crippen LogP contribution >= 0.6 is 0 Å². The number of hydrogen-bond donors (Lipinski definition) is 0. The highest BCUT2D eigenvalue weighted by Gasteiger charge is 2.06. The first-order chi connectivity index (χ1) is 9.10. The number of halogens is 1. The van der Waals surface area contributed by atoms with Crippen LogP contribution < -0.4 is 4.74 Å². The van der Waals surface area contributed by atoms with E-state index in [9.17, 15) is 4.79 Å². The normalized spacial score (nSPS) is 10.9. The first-order valence-electron chi connectivity index (χ1n) is 5.68. The lowest BCUT2D eigenvalue weighted by atomic mass is 10.1. The molecule has 98 valence electrons. The molecule has 1 aromatic heterocycles. The minimum Gasteiger partial charge on any atom is -0.495 e. The van der Waals surface area contributed by atoms with Gasteiger partial charge in [0.2, 0.25) is 0 Å². The van der Waals surface area contributed by atoms with Crippen molar-refractivity contribution in [2.24, 2.45) is 0 Å². The number of aryl methyl sites for hydroxylation is 1. The maximum Gasteiger partial charge on any atom is 0.423 e. The van der Waals surface area contributed by atoms with Crippen LogP contribution in [-0.2, 0) is 4.79 Å². The Labute approximate surface area is 116 Å². The lowest BCUT2D eigenvalue weighted by Gasteiger charge is -2.09. The Morgan fingerprint density at radius 2 is 2.26 bits per heavy atom. The molecule has 0 unspecified atom stereocenters. The van der Waals surface area contributed by atoms with Crippen molar-refractivity contribution < 1.29 is 21.1 Å². The third-order valence-electron chi connectivity index (χ3n) is 2.61. The average Bonchev–Trinajstić information content (AvgIpc) is 2.82. The largest absolute Gasteiger partial charge is 0.495 e. The van der Waals surface area contributed by atoms with E-state index in [0.29, 0.717) is 5.75 Å². The van der Waals surface area contributed by atoms with Crippen LogP contribution in [0, 0.1) is 18.5 Å². The monoisotopic (exact) mass is 277 g/mol. The van der Waals surface area contributed by atoms with Crippen LogP contribution in [0.25, 0.3) is 11.8 Å².